The molecule has 2 aromatic heterocycles. The average Bonchev–Trinajstić information content (AvgIpc) is 2.97. The van der Waals surface area contributed by atoms with Crippen molar-refractivity contribution in [2.24, 2.45) is 0 Å². The van der Waals surface area contributed by atoms with Crippen LogP contribution < -0.4 is 5.32 Å². The molecular weight excluding hydrogens is 220 g/mol. The van der Waals surface area contributed by atoms with Gasteiger partial charge in [-0.1, -0.05) is 5.21 Å². The van der Waals surface area contributed by atoms with Gasteiger partial charge in [-0.25, -0.2) is 4.68 Å². The van der Waals surface area contributed by atoms with Crippen molar-refractivity contribution < 1.29 is 9.15 Å². The number of hydrogen-bond donors (Lipinski definition) is 1. The summed E-state index contributed by atoms with van der Waals surface area (Å²) in [6, 6.07) is 3.78. The summed E-state index contributed by atoms with van der Waals surface area (Å²) in [7, 11) is 1.68. The van der Waals surface area contributed by atoms with Gasteiger partial charge in [0.2, 0.25) is 0 Å². The Morgan fingerprint density at radius 1 is 1.53 bits per heavy atom. The van der Waals surface area contributed by atoms with Gasteiger partial charge in [0.05, 0.1) is 24.8 Å². The molecule has 6 heteroatoms. The largest absolute Gasteiger partial charge is 0.467 e. The van der Waals surface area contributed by atoms with Crippen molar-refractivity contribution in [1.29, 1.82) is 0 Å². The van der Waals surface area contributed by atoms with Crippen LogP contribution in [0.4, 0.5) is 0 Å². The van der Waals surface area contributed by atoms with E-state index >= 15 is 0 Å². The van der Waals surface area contributed by atoms with Gasteiger partial charge in [0.25, 0.3) is 0 Å². The van der Waals surface area contributed by atoms with Gasteiger partial charge in [0, 0.05) is 20.2 Å². The van der Waals surface area contributed by atoms with Crippen LogP contribution in [-0.4, -0.2) is 35.3 Å². The lowest BCUT2D eigenvalue weighted by Gasteiger charge is -1.99. The van der Waals surface area contributed by atoms with Gasteiger partial charge < -0.3 is 14.5 Å². The second kappa shape index (κ2) is 6.17. The molecule has 2 aromatic rings. The van der Waals surface area contributed by atoms with Crippen LogP contribution in [0.25, 0.3) is 0 Å². The van der Waals surface area contributed by atoms with Crippen LogP contribution in [-0.2, 0) is 17.8 Å². The summed E-state index contributed by atoms with van der Waals surface area (Å²) in [5.74, 6) is 0.869. The van der Waals surface area contributed by atoms with Crippen LogP contribution in [0.3, 0.4) is 0 Å². The molecular formula is C11H16N4O2. The first-order valence-electron chi connectivity index (χ1n) is 5.49. The number of rotatable bonds is 7. The van der Waals surface area contributed by atoms with Crippen molar-refractivity contribution in [3.63, 3.8) is 0 Å². The summed E-state index contributed by atoms with van der Waals surface area (Å²) >= 11 is 0. The maximum absolute atomic E-state index is 5.24. The lowest BCUT2D eigenvalue weighted by Crippen LogP contribution is -2.18. The predicted octanol–water partition coefficient (Wildman–Crippen LogP) is 0.655. The highest BCUT2D eigenvalue weighted by atomic mass is 16.5. The van der Waals surface area contributed by atoms with Crippen LogP contribution in [0, 0.1) is 0 Å². The lowest BCUT2D eigenvalue weighted by molar-refractivity contribution is 0.199. The topological polar surface area (TPSA) is 65.1 Å². The maximum Gasteiger partial charge on any atom is 0.125 e. The van der Waals surface area contributed by atoms with Gasteiger partial charge in [-0.2, -0.15) is 0 Å². The van der Waals surface area contributed by atoms with Gasteiger partial charge in [0.15, 0.2) is 0 Å². The van der Waals surface area contributed by atoms with Crippen LogP contribution >= 0.6 is 0 Å². The predicted molar refractivity (Wildman–Crippen MR) is 61.4 cm³/mol. The van der Waals surface area contributed by atoms with Gasteiger partial charge in [-0.05, 0) is 12.1 Å². The molecule has 0 atom stereocenters. The van der Waals surface area contributed by atoms with Crippen molar-refractivity contribution in [1.82, 2.24) is 20.3 Å². The fraction of sp³-hybridized carbons (Fsp3) is 0.455. The Hall–Kier alpha value is -1.66. The summed E-state index contributed by atoms with van der Waals surface area (Å²) in [5, 5.41) is 11.3. The molecule has 1 N–H and O–H groups in total. The summed E-state index contributed by atoms with van der Waals surface area (Å²) < 4.78 is 11.9. The Bertz CT molecular complexity index is 424. The molecule has 2 rings (SSSR count). The number of nitrogens with one attached hydrogen (secondary N) is 1. The van der Waals surface area contributed by atoms with Crippen molar-refractivity contribution >= 4 is 0 Å². The summed E-state index contributed by atoms with van der Waals surface area (Å²) in [6.45, 7) is 2.81. The fourth-order valence-corrected chi connectivity index (χ4v) is 1.45. The van der Waals surface area contributed by atoms with E-state index < -0.39 is 0 Å². The van der Waals surface area contributed by atoms with E-state index in [4.69, 9.17) is 9.15 Å². The van der Waals surface area contributed by atoms with E-state index in [1.807, 2.05) is 18.3 Å². The molecule has 0 saturated carbocycles. The third kappa shape index (κ3) is 3.69. The zero-order valence-corrected chi connectivity index (χ0v) is 9.80. The molecule has 0 radical (unpaired) electrons. The Morgan fingerprint density at radius 2 is 2.47 bits per heavy atom. The Labute approximate surface area is 99.6 Å². The van der Waals surface area contributed by atoms with Gasteiger partial charge >= 0.3 is 0 Å². The van der Waals surface area contributed by atoms with Crippen molar-refractivity contribution in [3.8, 4) is 0 Å². The van der Waals surface area contributed by atoms with E-state index in [2.05, 4.69) is 15.6 Å². The second-order valence-electron chi connectivity index (χ2n) is 3.66. The van der Waals surface area contributed by atoms with E-state index in [0.717, 1.165) is 18.0 Å². The maximum atomic E-state index is 5.24. The molecule has 0 aliphatic rings. The smallest absolute Gasteiger partial charge is 0.125 e. The summed E-state index contributed by atoms with van der Waals surface area (Å²) in [6.07, 6.45) is 3.56. The lowest BCUT2D eigenvalue weighted by atomic mass is 10.4. The monoisotopic (exact) mass is 236 g/mol. The minimum Gasteiger partial charge on any atom is -0.467 e. The van der Waals surface area contributed by atoms with E-state index in [-0.39, 0.29) is 0 Å². The van der Waals surface area contributed by atoms with Gasteiger partial charge in [-0.15, -0.1) is 5.10 Å². The minimum atomic E-state index is 0.609. The summed E-state index contributed by atoms with van der Waals surface area (Å²) in [5.41, 5.74) is 0.910. The van der Waals surface area contributed by atoms with E-state index in [1.54, 1.807) is 18.1 Å². The van der Waals surface area contributed by atoms with Gasteiger partial charge in [0.1, 0.15) is 12.3 Å². The second-order valence-corrected chi connectivity index (χ2v) is 3.66. The Balaban J connectivity index is 1.79. The fourth-order valence-electron chi connectivity index (χ4n) is 1.45. The number of hydrogen-bond acceptors (Lipinski definition) is 5. The molecule has 0 saturated heterocycles. The number of ether oxygens (including phenoxy) is 1. The average molecular weight is 236 g/mol. The molecule has 0 aromatic carbocycles. The number of nitrogens with zero attached hydrogens (tertiary/aromatic N) is 3. The number of methoxy groups -OCH3 is 1. The standard InChI is InChI=1S/C11H16N4O2/c1-16-6-4-12-7-10-8-15(14-13-10)9-11-3-2-5-17-11/h2-3,5,8,12H,4,6-7,9H2,1H3. The third-order valence-corrected chi connectivity index (χ3v) is 2.27. The molecule has 17 heavy (non-hydrogen) atoms. The van der Waals surface area contributed by atoms with Crippen LogP contribution in [0.15, 0.2) is 29.0 Å². The highest BCUT2D eigenvalue weighted by Gasteiger charge is 2.02. The first-order chi connectivity index (χ1) is 8.38. The molecule has 0 bridgehead atoms. The van der Waals surface area contributed by atoms with E-state index in [0.29, 0.717) is 19.7 Å². The molecule has 0 unspecified atom stereocenters. The molecule has 0 fully saturated rings. The molecule has 92 valence electrons. The van der Waals surface area contributed by atoms with E-state index in [9.17, 15) is 0 Å². The molecule has 6 nitrogen and oxygen atoms in total. The number of aromatic nitrogens is 3. The third-order valence-electron chi connectivity index (χ3n) is 2.27. The first kappa shape index (κ1) is 11.8. The SMILES string of the molecule is COCCNCc1cn(Cc2ccco2)nn1. The minimum absolute atomic E-state index is 0.609. The highest BCUT2D eigenvalue weighted by Crippen LogP contribution is 2.02. The van der Waals surface area contributed by atoms with Gasteiger partial charge in [-0.3, -0.25) is 0 Å². The number of furan rings is 1. The molecule has 2 heterocycles. The van der Waals surface area contributed by atoms with E-state index in [1.165, 1.54) is 0 Å². The zero-order chi connectivity index (χ0) is 11.9. The van der Waals surface area contributed by atoms with Crippen molar-refractivity contribution in [2.75, 3.05) is 20.3 Å². The molecule has 0 aliphatic carbocycles. The Kier molecular flexibility index (Phi) is 4.29. The van der Waals surface area contributed by atoms with Crippen molar-refractivity contribution in [3.05, 3.63) is 36.0 Å². The van der Waals surface area contributed by atoms with Crippen LogP contribution in [0.2, 0.25) is 0 Å². The molecule has 0 amide bonds. The highest BCUT2D eigenvalue weighted by molar-refractivity contribution is 5.00. The normalized spacial score (nSPS) is 10.9. The summed E-state index contributed by atoms with van der Waals surface area (Å²) in [4.78, 5) is 0. The molecule has 0 spiro atoms. The quantitative estimate of drug-likeness (QED) is 0.715. The van der Waals surface area contributed by atoms with Crippen LogP contribution in [0.1, 0.15) is 11.5 Å². The Morgan fingerprint density at radius 3 is 3.24 bits per heavy atom. The zero-order valence-electron chi connectivity index (χ0n) is 9.80. The first-order valence-corrected chi connectivity index (χ1v) is 5.49. The van der Waals surface area contributed by atoms with Crippen LogP contribution in [0.5, 0.6) is 0 Å². The molecule has 0 aliphatic heterocycles. The van der Waals surface area contributed by atoms with Crippen molar-refractivity contribution in [2.45, 2.75) is 13.1 Å².